The molecule has 0 N–H and O–H groups in total. The molecule has 0 saturated carbocycles. The standard InChI is InChI=1S/C30H59N2/c1-4-7-10-13-16-18-21-24-27-32-29-28-31(26-23-20-15-12-9-6-3)30(32)25-22-19-17-14-11-8-5-2/h28-29H,4-27H2,1-3H3/q+1. The molecule has 0 aliphatic rings. The first-order valence-electron chi connectivity index (χ1n) is 14.9. The van der Waals surface area contributed by atoms with Gasteiger partial charge in [0.15, 0.2) is 0 Å². The van der Waals surface area contributed by atoms with E-state index in [1.165, 1.54) is 154 Å². The Morgan fingerprint density at radius 3 is 1.50 bits per heavy atom. The first kappa shape index (κ1) is 29.2. The van der Waals surface area contributed by atoms with Crippen LogP contribution >= 0.6 is 0 Å². The molecule has 1 heterocycles. The maximum atomic E-state index is 2.60. The Bertz CT molecular complexity index is 505. The van der Waals surface area contributed by atoms with Crippen LogP contribution in [0.1, 0.15) is 161 Å². The first-order chi connectivity index (χ1) is 15.8. The highest BCUT2D eigenvalue weighted by Crippen LogP contribution is 2.13. The largest absolute Gasteiger partial charge is 0.256 e. The molecule has 2 heteroatoms. The van der Waals surface area contributed by atoms with Crippen molar-refractivity contribution in [2.24, 2.45) is 0 Å². The summed E-state index contributed by atoms with van der Waals surface area (Å²) in [6, 6.07) is 0. The molecule has 1 rings (SSSR count). The Balaban J connectivity index is 2.39. The van der Waals surface area contributed by atoms with E-state index in [0.717, 1.165) is 0 Å². The van der Waals surface area contributed by atoms with E-state index in [4.69, 9.17) is 0 Å². The minimum absolute atomic E-state index is 1.22. The number of imidazole rings is 1. The Morgan fingerprint density at radius 1 is 0.531 bits per heavy atom. The van der Waals surface area contributed by atoms with Crippen LogP contribution in [0.15, 0.2) is 12.4 Å². The summed E-state index contributed by atoms with van der Waals surface area (Å²) in [6.07, 6.45) is 35.5. The van der Waals surface area contributed by atoms with Crippen LogP contribution in [-0.4, -0.2) is 4.57 Å². The molecule has 0 fully saturated rings. The average molecular weight is 448 g/mol. The third-order valence-electron chi connectivity index (χ3n) is 7.10. The molecular formula is C30H59N2+. The number of nitrogens with zero attached hydrogens (tertiary/aromatic N) is 2. The van der Waals surface area contributed by atoms with Crippen molar-refractivity contribution in [3.05, 3.63) is 18.2 Å². The van der Waals surface area contributed by atoms with Crippen molar-refractivity contribution in [2.45, 2.75) is 175 Å². The van der Waals surface area contributed by atoms with Crippen LogP contribution in [0.2, 0.25) is 0 Å². The summed E-state index contributed by atoms with van der Waals surface area (Å²) in [4.78, 5) is 0. The van der Waals surface area contributed by atoms with E-state index in [2.05, 4.69) is 42.3 Å². The minimum atomic E-state index is 1.22. The Kier molecular flexibility index (Phi) is 20.1. The highest BCUT2D eigenvalue weighted by atomic mass is 15.1. The van der Waals surface area contributed by atoms with Crippen LogP contribution in [0.3, 0.4) is 0 Å². The van der Waals surface area contributed by atoms with Crippen LogP contribution in [-0.2, 0) is 19.5 Å². The highest BCUT2D eigenvalue weighted by molar-refractivity contribution is 4.84. The van der Waals surface area contributed by atoms with E-state index in [-0.39, 0.29) is 0 Å². The summed E-state index contributed by atoms with van der Waals surface area (Å²) in [5.74, 6) is 1.61. The molecule has 32 heavy (non-hydrogen) atoms. The molecule has 1 aromatic heterocycles. The molecule has 0 bridgehead atoms. The topological polar surface area (TPSA) is 8.81 Å². The van der Waals surface area contributed by atoms with Crippen molar-refractivity contribution < 1.29 is 4.57 Å². The molecule has 0 spiro atoms. The van der Waals surface area contributed by atoms with Crippen LogP contribution in [0.25, 0.3) is 0 Å². The zero-order valence-electron chi connectivity index (χ0n) is 22.5. The van der Waals surface area contributed by atoms with Gasteiger partial charge in [0.1, 0.15) is 12.4 Å². The van der Waals surface area contributed by atoms with E-state index < -0.39 is 0 Å². The quantitative estimate of drug-likeness (QED) is 0.110. The highest BCUT2D eigenvalue weighted by Gasteiger charge is 2.16. The summed E-state index contributed by atoms with van der Waals surface area (Å²) < 4.78 is 5.20. The van der Waals surface area contributed by atoms with Gasteiger partial charge < -0.3 is 0 Å². The van der Waals surface area contributed by atoms with Gasteiger partial charge in [-0.3, -0.25) is 0 Å². The van der Waals surface area contributed by atoms with E-state index >= 15 is 0 Å². The van der Waals surface area contributed by atoms with Crippen LogP contribution in [0.5, 0.6) is 0 Å². The molecule has 0 radical (unpaired) electrons. The van der Waals surface area contributed by atoms with Crippen molar-refractivity contribution in [3.8, 4) is 0 Å². The normalized spacial score (nSPS) is 11.5. The van der Waals surface area contributed by atoms with Gasteiger partial charge in [0, 0.05) is 6.42 Å². The van der Waals surface area contributed by atoms with E-state index in [9.17, 15) is 0 Å². The van der Waals surface area contributed by atoms with E-state index in [0.29, 0.717) is 0 Å². The number of aromatic nitrogens is 2. The lowest BCUT2D eigenvalue weighted by Crippen LogP contribution is -2.37. The third kappa shape index (κ3) is 15.1. The number of rotatable bonds is 24. The first-order valence-corrected chi connectivity index (χ1v) is 14.9. The van der Waals surface area contributed by atoms with Gasteiger partial charge in [0.05, 0.1) is 13.1 Å². The fraction of sp³-hybridized carbons (Fsp3) is 0.900. The predicted octanol–water partition coefficient (Wildman–Crippen LogP) is 9.57. The van der Waals surface area contributed by atoms with Crippen molar-refractivity contribution in [2.75, 3.05) is 0 Å². The molecule has 0 amide bonds. The van der Waals surface area contributed by atoms with Gasteiger partial charge >= 0.3 is 0 Å². The lowest BCUT2D eigenvalue weighted by molar-refractivity contribution is -0.704. The molecule has 0 unspecified atom stereocenters. The molecule has 0 aliphatic carbocycles. The van der Waals surface area contributed by atoms with Crippen molar-refractivity contribution >= 4 is 0 Å². The molecule has 0 atom stereocenters. The lowest BCUT2D eigenvalue weighted by Gasteiger charge is -2.07. The number of aryl methyl sites for hydroxylation is 2. The molecule has 188 valence electrons. The van der Waals surface area contributed by atoms with Crippen LogP contribution in [0, 0.1) is 0 Å². The van der Waals surface area contributed by atoms with Gasteiger partial charge in [-0.15, -0.1) is 0 Å². The SMILES string of the molecule is CCCCCCCCCC[n+]1ccn(CCCCCCCC)c1CCCCCCCCC. The maximum absolute atomic E-state index is 2.60. The number of unbranched alkanes of at least 4 members (excludes halogenated alkanes) is 18. The fourth-order valence-corrected chi connectivity index (χ4v) is 4.91. The third-order valence-corrected chi connectivity index (χ3v) is 7.10. The summed E-state index contributed by atoms with van der Waals surface area (Å²) in [5.41, 5.74) is 0. The van der Waals surface area contributed by atoms with Gasteiger partial charge in [0.25, 0.3) is 5.82 Å². The molecular weight excluding hydrogens is 388 g/mol. The lowest BCUT2D eigenvalue weighted by atomic mass is 10.1. The Labute approximate surface area is 202 Å². The van der Waals surface area contributed by atoms with E-state index in [1.54, 1.807) is 5.82 Å². The van der Waals surface area contributed by atoms with Crippen LogP contribution < -0.4 is 4.57 Å². The Morgan fingerprint density at radius 2 is 0.969 bits per heavy atom. The van der Waals surface area contributed by atoms with Crippen molar-refractivity contribution in [3.63, 3.8) is 0 Å². The summed E-state index contributed by atoms with van der Waals surface area (Å²) in [5, 5.41) is 0. The van der Waals surface area contributed by atoms with E-state index in [1.807, 2.05) is 0 Å². The summed E-state index contributed by atoms with van der Waals surface area (Å²) >= 11 is 0. The average Bonchev–Trinajstić information content (AvgIpc) is 3.18. The fourth-order valence-electron chi connectivity index (χ4n) is 4.91. The molecule has 1 aromatic rings. The Hall–Kier alpha value is -0.790. The molecule has 0 aliphatic heterocycles. The second-order valence-corrected chi connectivity index (χ2v) is 10.2. The van der Waals surface area contributed by atoms with Gasteiger partial charge in [-0.05, 0) is 32.1 Å². The predicted molar refractivity (Wildman–Crippen MR) is 142 cm³/mol. The van der Waals surface area contributed by atoms with Gasteiger partial charge in [-0.25, -0.2) is 9.13 Å². The zero-order valence-corrected chi connectivity index (χ0v) is 22.5. The number of hydrogen-bond donors (Lipinski definition) is 0. The monoisotopic (exact) mass is 447 g/mol. The summed E-state index contributed by atoms with van der Waals surface area (Å²) in [7, 11) is 0. The number of hydrogen-bond acceptors (Lipinski definition) is 0. The smallest absolute Gasteiger partial charge is 0.234 e. The maximum Gasteiger partial charge on any atom is 0.256 e. The van der Waals surface area contributed by atoms with Gasteiger partial charge in [-0.2, -0.15) is 0 Å². The molecule has 0 saturated heterocycles. The van der Waals surface area contributed by atoms with Crippen molar-refractivity contribution in [1.29, 1.82) is 0 Å². The molecule has 2 nitrogen and oxygen atoms in total. The van der Waals surface area contributed by atoms with Crippen molar-refractivity contribution in [1.82, 2.24) is 4.57 Å². The minimum Gasteiger partial charge on any atom is -0.234 e. The summed E-state index contributed by atoms with van der Waals surface area (Å²) in [6.45, 7) is 9.37. The van der Waals surface area contributed by atoms with Gasteiger partial charge in [-0.1, -0.05) is 124 Å². The van der Waals surface area contributed by atoms with Gasteiger partial charge in [0.2, 0.25) is 0 Å². The zero-order chi connectivity index (χ0) is 23.1. The second-order valence-electron chi connectivity index (χ2n) is 10.2. The second kappa shape index (κ2) is 22.0. The van der Waals surface area contributed by atoms with Crippen LogP contribution in [0.4, 0.5) is 0 Å². The molecule has 0 aromatic carbocycles.